The number of rotatable bonds is 6. The Morgan fingerprint density at radius 1 is 1.19 bits per heavy atom. The SMILES string of the molecule is COC(=O)C[C@@H](NC(=O)[C@@H]1CCCC[C@@H]1C(=O)[O-])c1cc(C)ccc1C. The maximum Gasteiger partial charge on any atom is 0.307 e. The van der Waals surface area contributed by atoms with Crippen LogP contribution >= 0.6 is 0 Å². The number of amides is 1. The van der Waals surface area contributed by atoms with Gasteiger partial charge in [0.2, 0.25) is 5.91 Å². The Morgan fingerprint density at radius 3 is 2.46 bits per heavy atom. The summed E-state index contributed by atoms with van der Waals surface area (Å²) in [5.41, 5.74) is 2.80. The molecule has 1 aromatic carbocycles. The summed E-state index contributed by atoms with van der Waals surface area (Å²) < 4.78 is 4.76. The van der Waals surface area contributed by atoms with Crippen LogP contribution in [-0.2, 0) is 19.1 Å². The Bertz CT molecular complexity index is 685. The van der Waals surface area contributed by atoms with Gasteiger partial charge in [-0.3, -0.25) is 9.59 Å². The highest BCUT2D eigenvalue weighted by Crippen LogP contribution is 2.31. The van der Waals surface area contributed by atoms with E-state index in [-0.39, 0.29) is 12.3 Å². The van der Waals surface area contributed by atoms with E-state index in [4.69, 9.17) is 4.74 Å². The lowest BCUT2D eigenvalue weighted by molar-refractivity contribution is -0.314. The Kier molecular flexibility index (Phi) is 6.77. The molecule has 1 saturated carbocycles. The molecule has 0 heterocycles. The Labute approximate surface area is 153 Å². The molecule has 2 rings (SSSR count). The van der Waals surface area contributed by atoms with Crippen molar-refractivity contribution in [2.75, 3.05) is 7.11 Å². The second-order valence-electron chi connectivity index (χ2n) is 7.02. The van der Waals surface area contributed by atoms with E-state index in [2.05, 4.69) is 5.32 Å². The number of carboxylic acid groups (broad SMARTS) is 1. The highest BCUT2D eigenvalue weighted by molar-refractivity contribution is 5.85. The van der Waals surface area contributed by atoms with Crippen molar-refractivity contribution in [3.63, 3.8) is 0 Å². The summed E-state index contributed by atoms with van der Waals surface area (Å²) >= 11 is 0. The molecule has 1 amide bonds. The van der Waals surface area contributed by atoms with Gasteiger partial charge in [0.05, 0.1) is 19.6 Å². The second-order valence-corrected chi connectivity index (χ2v) is 7.02. The minimum absolute atomic E-state index is 0.00472. The lowest BCUT2D eigenvalue weighted by Gasteiger charge is -2.32. The number of carbonyl (C=O) groups excluding carboxylic acids is 3. The number of carboxylic acids is 1. The van der Waals surface area contributed by atoms with Gasteiger partial charge >= 0.3 is 5.97 Å². The van der Waals surface area contributed by atoms with Crippen LogP contribution < -0.4 is 10.4 Å². The predicted octanol–water partition coefficient (Wildman–Crippen LogP) is 1.58. The number of methoxy groups -OCH3 is 1. The zero-order chi connectivity index (χ0) is 19.3. The Hall–Kier alpha value is -2.37. The summed E-state index contributed by atoms with van der Waals surface area (Å²) in [6, 6.07) is 5.27. The second kappa shape index (κ2) is 8.83. The normalized spacial score (nSPS) is 20.9. The number of esters is 1. The first-order valence-corrected chi connectivity index (χ1v) is 8.98. The third-order valence-corrected chi connectivity index (χ3v) is 5.13. The van der Waals surface area contributed by atoms with Gasteiger partial charge in [-0.05, 0) is 37.8 Å². The van der Waals surface area contributed by atoms with Crippen LogP contribution in [0.2, 0.25) is 0 Å². The maximum absolute atomic E-state index is 12.8. The zero-order valence-electron chi connectivity index (χ0n) is 15.5. The average molecular weight is 360 g/mol. The minimum Gasteiger partial charge on any atom is -0.550 e. The van der Waals surface area contributed by atoms with Gasteiger partial charge in [-0.15, -0.1) is 0 Å². The average Bonchev–Trinajstić information content (AvgIpc) is 2.62. The molecular weight excluding hydrogens is 334 g/mol. The van der Waals surface area contributed by atoms with E-state index in [0.717, 1.165) is 29.5 Å². The van der Waals surface area contributed by atoms with Crippen LogP contribution in [0.15, 0.2) is 18.2 Å². The fourth-order valence-electron chi connectivity index (χ4n) is 3.63. The number of aryl methyl sites for hydroxylation is 2. The zero-order valence-corrected chi connectivity index (χ0v) is 15.5. The van der Waals surface area contributed by atoms with Crippen molar-refractivity contribution in [3.8, 4) is 0 Å². The van der Waals surface area contributed by atoms with Crippen molar-refractivity contribution in [1.82, 2.24) is 5.32 Å². The number of aliphatic carboxylic acids is 1. The molecule has 142 valence electrons. The fourth-order valence-corrected chi connectivity index (χ4v) is 3.63. The maximum atomic E-state index is 12.8. The van der Waals surface area contributed by atoms with Crippen LogP contribution in [0, 0.1) is 25.7 Å². The van der Waals surface area contributed by atoms with Crippen LogP contribution in [-0.4, -0.2) is 25.0 Å². The lowest BCUT2D eigenvalue weighted by Crippen LogP contribution is -2.45. The lowest BCUT2D eigenvalue weighted by atomic mass is 9.78. The summed E-state index contributed by atoms with van der Waals surface area (Å²) in [4.78, 5) is 36.0. The smallest absolute Gasteiger partial charge is 0.307 e. The van der Waals surface area contributed by atoms with Gasteiger partial charge in [0, 0.05) is 17.8 Å². The number of benzene rings is 1. The third kappa shape index (κ3) is 4.84. The minimum atomic E-state index is -1.18. The molecule has 6 heteroatoms. The first kappa shape index (κ1) is 19.9. The van der Waals surface area contributed by atoms with Crippen LogP contribution in [0.5, 0.6) is 0 Å². The Morgan fingerprint density at radius 2 is 1.85 bits per heavy atom. The molecular formula is C20H26NO5-. The number of ether oxygens (including phenoxy) is 1. The van der Waals surface area contributed by atoms with E-state index in [0.29, 0.717) is 12.8 Å². The van der Waals surface area contributed by atoms with Gasteiger partial charge in [-0.25, -0.2) is 0 Å². The van der Waals surface area contributed by atoms with Crippen LogP contribution in [0.25, 0.3) is 0 Å². The van der Waals surface area contributed by atoms with Crippen molar-refractivity contribution in [2.24, 2.45) is 11.8 Å². The van der Waals surface area contributed by atoms with E-state index in [9.17, 15) is 19.5 Å². The summed E-state index contributed by atoms with van der Waals surface area (Å²) in [7, 11) is 1.30. The van der Waals surface area contributed by atoms with Crippen molar-refractivity contribution in [3.05, 3.63) is 34.9 Å². The van der Waals surface area contributed by atoms with Crippen LogP contribution in [0.4, 0.5) is 0 Å². The van der Waals surface area contributed by atoms with Crippen molar-refractivity contribution < 1.29 is 24.2 Å². The standard InChI is InChI=1S/C20H27NO5/c1-12-8-9-13(2)16(10-12)17(11-18(22)26-3)21-19(23)14-6-4-5-7-15(14)20(24)25/h8-10,14-15,17H,4-7,11H2,1-3H3,(H,21,23)(H,24,25)/p-1/t14-,15+,17-/m1/s1. The topological polar surface area (TPSA) is 95.5 Å². The van der Waals surface area contributed by atoms with Gasteiger partial charge in [0.25, 0.3) is 0 Å². The summed E-state index contributed by atoms with van der Waals surface area (Å²) in [5, 5.41) is 14.3. The van der Waals surface area contributed by atoms with Crippen LogP contribution in [0.3, 0.4) is 0 Å². The quantitative estimate of drug-likeness (QED) is 0.777. The first-order chi connectivity index (χ1) is 12.3. The monoisotopic (exact) mass is 360 g/mol. The van der Waals surface area contributed by atoms with Crippen LogP contribution in [0.1, 0.15) is 54.8 Å². The van der Waals surface area contributed by atoms with Gasteiger partial charge < -0.3 is 20.0 Å². The molecule has 1 aliphatic carbocycles. The molecule has 0 aliphatic heterocycles. The third-order valence-electron chi connectivity index (χ3n) is 5.13. The van der Waals surface area contributed by atoms with Crippen molar-refractivity contribution in [2.45, 2.75) is 52.0 Å². The molecule has 0 aromatic heterocycles. The van der Waals surface area contributed by atoms with E-state index >= 15 is 0 Å². The number of hydrogen-bond donors (Lipinski definition) is 1. The highest BCUT2D eigenvalue weighted by atomic mass is 16.5. The Balaban J connectivity index is 2.25. The fraction of sp³-hybridized carbons (Fsp3) is 0.550. The summed E-state index contributed by atoms with van der Waals surface area (Å²) in [5.74, 6) is -3.36. The van der Waals surface area contributed by atoms with Gasteiger partial charge in [-0.1, -0.05) is 36.6 Å². The summed E-state index contributed by atoms with van der Waals surface area (Å²) in [6.07, 6.45) is 2.56. The highest BCUT2D eigenvalue weighted by Gasteiger charge is 2.33. The molecule has 1 N–H and O–H groups in total. The van der Waals surface area contributed by atoms with Gasteiger partial charge in [0.15, 0.2) is 0 Å². The van der Waals surface area contributed by atoms with Crippen molar-refractivity contribution in [1.29, 1.82) is 0 Å². The molecule has 0 saturated heterocycles. The van der Waals surface area contributed by atoms with Gasteiger partial charge in [-0.2, -0.15) is 0 Å². The number of carbonyl (C=O) groups is 3. The van der Waals surface area contributed by atoms with E-state index in [1.165, 1.54) is 7.11 Å². The number of nitrogens with one attached hydrogen (secondary N) is 1. The molecule has 6 nitrogen and oxygen atoms in total. The molecule has 1 aromatic rings. The molecule has 0 radical (unpaired) electrons. The van der Waals surface area contributed by atoms with E-state index in [1.54, 1.807) is 0 Å². The molecule has 0 unspecified atom stereocenters. The molecule has 0 bridgehead atoms. The van der Waals surface area contributed by atoms with E-state index in [1.807, 2.05) is 32.0 Å². The van der Waals surface area contributed by atoms with Gasteiger partial charge in [0.1, 0.15) is 0 Å². The van der Waals surface area contributed by atoms with Crippen molar-refractivity contribution >= 4 is 17.8 Å². The largest absolute Gasteiger partial charge is 0.550 e. The molecule has 1 aliphatic rings. The number of hydrogen-bond acceptors (Lipinski definition) is 5. The molecule has 3 atom stereocenters. The molecule has 26 heavy (non-hydrogen) atoms. The predicted molar refractivity (Wildman–Crippen MR) is 93.9 cm³/mol. The summed E-state index contributed by atoms with van der Waals surface area (Å²) in [6.45, 7) is 3.85. The first-order valence-electron chi connectivity index (χ1n) is 8.98. The van der Waals surface area contributed by atoms with E-state index < -0.39 is 29.8 Å². The molecule has 1 fully saturated rings. The molecule has 0 spiro atoms.